The summed E-state index contributed by atoms with van der Waals surface area (Å²) in [5, 5.41) is 20.9. The van der Waals surface area contributed by atoms with Crippen molar-refractivity contribution in [1.82, 2.24) is 4.90 Å². The normalized spacial score (nSPS) is 20.5. The Morgan fingerprint density at radius 1 is 1.05 bits per heavy atom. The van der Waals surface area contributed by atoms with Gasteiger partial charge in [0.15, 0.2) is 5.75 Å². The summed E-state index contributed by atoms with van der Waals surface area (Å²) in [7, 11) is 0. The Bertz CT molecular complexity index is 1340. The number of fused-ring (bicyclic) bond motifs is 1. The predicted molar refractivity (Wildman–Crippen MR) is 149 cm³/mol. The van der Waals surface area contributed by atoms with E-state index in [1.807, 2.05) is 31.2 Å². The maximum absolute atomic E-state index is 10.4. The van der Waals surface area contributed by atoms with E-state index in [2.05, 4.69) is 18.7 Å². The third-order valence-electron chi connectivity index (χ3n) is 7.39. The number of likely N-dealkylation sites (tertiary alicyclic amines) is 1. The van der Waals surface area contributed by atoms with Crippen LogP contribution in [0.4, 0.5) is 0 Å². The van der Waals surface area contributed by atoms with Crippen LogP contribution < -0.4 is 9.47 Å². The van der Waals surface area contributed by atoms with Gasteiger partial charge in [-0.3, -0.25) is 4.90 Å². The molecule has 1 unspecified atom stereocenters. The Hall–Kier alpha value is -2.86. The maximum Gasteiger partial charge on any atom is 0.153 e. The number of aromatic hydroxyl groups is 2. The van der Waals surface area contributed by atoms with Gasteiger partial charge in [0, 0.05) is 29.3 Å². The predicted octanol–water partition coefficient (Wildman–Crippen LogP) is 7.58. The van der Waals surface area contributed by atoms with Crippen molar-refractivity contribution in [2.45, 2.75) is 39.3 Å². The summed E-state index contributed by atoms with van der Waals surface area (Å²) in [5.41, 5.74) is 3.98. The molecule has 37 heavy (non-hydrogen) atoms. The standard InChI is InChI=1S/C30H31Cl2NO4/c1-17-12-13-33(15-17)18(2)16-36-22-7-4-20(5-8-22)30-27(23-9-10-25(31)29(35)28(23)32)19(3)24-14-21(34)6-11-26(24)37-30/h4-11,14,17-18,30,34-35H,12-13,15-16H2,1-3H3/t17-,18+,30?/m1/s1. The van der Waals surface area contributed by atoms with Crippen molar-refractivity contribution in [3.63, 3.8) is 0 Å². The lowest BCUT2D eigenvalue weighted by atomic mass is 9.86. The summed E-state index contributed by atoms with van der Waals surface area (Å²) in [6, 6.07) is 16.7. The Labute approximate surface area is 227 Å². The minimum atomic E-state index is -0.492. The Kier molecular flexibility index (Phi) is 7.30. The van der Waals surface area contributed by atoms with Gasteiger partial charge in [-0.15, -0.1) is 0 Å². The first-order chi connectivity index (χ1) is 17.7. The van der Waals surface area contributed by atoms with Gasteiger partial charge in [0.1, 0.15) is 30.0 Å². The Morgan fingerprint density at radius 2 is 1.81 bits per heavy atom. The van der Waals surface area contributed by atoms with E-state index < -0.39 is 6.10 Å². The molecule has 0 bridgehead atoms. The third-order valence-corrected chi connectivity index (χ3v) is 8.08. The fourth-order valence-electron chi connectivity index (χ4n) is 5.20. The highest BCUT2D eigenvalue weighted by Gasteiger charge is 2.31. The molecule has 3 aromatic rings. The highest BCUT2D eigenvalue weighted by atomic mass is 35.5. The summed E-state index contributed by atoms with van der Waals surface area (Å²) in [6.07, 6.45) is 0.752. The molecule has 7 heteroatoms. The van der Waals surface area contributed by atoms with Crippen molar-refractivity contribution < 1.29 is 19.7 Å². The topological polar surface area (TPSA) is 62.2 Å². The molecule has 0 aliphatic carbocycles. The molecule has 3 aromatic carbocycles. The van der Waals surface area contributed by atoms with Crippen molar-refractivity contribution in [3.8, 4) is 23.0 Å². The zero-order chi connectivity index (χ0) is 26.3. The van der Waals surface area contributed by atoms with Gasteiger partial charge in [-0.2, -0.15) is 0 Å². The van der Waals surface area contributed by atoms with Crippen LogP contribution in [-0.2, 0) is 0 Å². The number of halogens is 2. The molecule has 3 atom stereocenters. The van der Waals surface area contributed by atoms with E-state index in [9.17, 15) is 10.2 Å². The molecule has 2 aliphatic heterocycles. The lowest BCUT2D eigenvalue weighted by Crippen LogP contribution is -2.35. The van der Waals surface area contributed by atoms with Crippen LogP contribution in [0.3, 0.4) is 0 Å². The van der Waals surface area contributed by atoms with E-state index in [1.165, 1.54) is 6.42 Å². The first-order valence-electron chi connectivity index (χ1n) is 12.6. The lowest BCUT2D eigenvalue weighted by molar-refractivity contribution is 0.169. The number of phenolic OH excluding ortho intramolecular Hbond substituents is 2. The van der Waals surface area contributed by atoms with Crippen molar-refractivity contribution >= 4 is 34.3 Å². The molecule has 0 saturated carbocycles. The number of nitrogens with zero attached hydrogens (tertiary/aromatic N) is 1. The Balaban J connectivity index is 1.45. The monoisotopic (exact) mass is 539 g/mol. The van der Waals surface area contributed by atoms with Gasteiger partial charge in [0.2, 0.25) is 0 Å². The molecule has 0 radical (unpaired) electrons. The highest BCUT2D eigenvalue weighted by Crippen LogP contribution is 2.50. The van der Waals surface area contributed by atoms with Crippen LogP contribution >= 0.6 is 23.2 Å². The number of allylic oxidation sites excluding steroid dienone is 1. The first-order valence-corrected chi connectivity index (χ1v) is 13.3. The van der Waals surface area contributed by atoms with Gasteiger partial charge in [0.25, 0.3) is 0 Å². The van der Waals surface area contributed by atoms with Crippen LogP contribution in [0, 0.1) is 5.92 Å². The Morgan fingerprint density at radius 3 is 2.51 bits per heavy atom. The van der Waals surface area contributed by atoms with Crippen molar-refractivity contribution in [2.24, 2.45) is 5.92 Å². The van der Waals surface area contributed by atoms with E-state index >= 15 is 0 Å². The SMILES string of the molecule is CC1=C(c2ccc(Cl)c(O)c2Cl)C(c2ccc(OC[C@H](C)N3CC[C@@H](C)C3)cc2)Oc2ccc(O)cc21. The second-order valence-electron chi connectivity index (χ2n) is 10.1. The van der Waals surface area contributed by atoms with Crippen molar-refractivity contribution in [3.05, 3.63) is 81.3 Å². The number of benzene rings is 3. The second kappa shape index (κ2) is 10.5. The second-order valence-corrected chi connectivity index (χ2v) is 10.9. The van der Waals surface area contributed by atoms with Gasteiger partial charge in [-0.1, -0.05) is 48.3 Å². The average Bonchev–Trinajstić information content (AvgIpc) is 3.33. The molecular formula is C30H31Cl2NO4. The summed E-state index contributed by atoms with van der Waals surface area (Å²) >= 11 is 12.7. The van der Waals surface area contributed by atoms with Crippen LogP contribution in [0.5, 0.6) is 23.0 Å². The van der Waals surface area contributed by atoms with Crippen molar-refractivity contribution in [2.75, 3.05) is 19.7 Å². The smallest absolute Gasteiger partial charge is 0.153 e. The van der Waals surface area contributed by atoms with Crippen LogP contribution in [0.25, 0.3) is 11.1 Å². The van der Waals surface area contributed by atoms with E-state index in [1.54, 1.807) is 30.3 Å². The molecule has 0 amide bonds. The van der Waals surface area contributed by atoms with Crippen LogP contribution in [-0.4, -0.2) is 40.9 Å². The van der Waals surface area contributed by atoms with Gasteiger partial charge in [0.05, 0.1) is 10.0 Å². The quantitative estimate of drug-likeness (QED) is 0.338. The number of hydrogen-bond donors (Lipinski definition) is 2. The molecule has 194 valence electrons. The third kappa shape index (κ3) is 5.13. The summed E-state index contributed by atoms with van der Waals surface area (Å²) in [4.78, 5) is 2.48. The molecule has 0 spiro atoms. The van der Waals surface area contributed by atoms with Crippen LogP contribution in [0.1, 0.15) is 50.0 Å². The zero-order valence-electron chi connectivity index (χ0n) is 21.2. The molecule has 1 fully saturated rings. The summed E-state index contributed by atoms with van der Waals surface area (Å²) in [5.74, 6) is 2.17. The molecule has 5 nitrogen and oxygen atoms in total. The first kappa shape index (κ1) is 25.8. The molecule has 2 heterocycles. The van der Waals surface area contributed by atoms with Crippen LogP contribution in [0.2, 0.25) is 10.0 Å². The fraction of sp³-hybridized carbons (Fsp3) is 0.333. The molecule has 5 rings (SSSR count). The van der Waals surface area contributed by atoms with Crippen molar-refractivity contribution in [1.29, 1.82) is 0 Å². The van der Waals surface area contributed by atoms with Gasteiger partial charge in [-0.05, 0) is 80.3 Å². The minimum absolute atomic E-state index is 0.142. The zero-order valence-corrected chi connectivity index (χ0v) is 22.7. The van der Waals surface area contributed by atoms with E-state index in [0.29, 0.717) is 24.0 Å². The van der Waals surface area contributed by atoms with Crippen LogP contribution in [0.15, 0.2) is 54.6 Å². The largest absolute Gasteiger partial charge is 0.508 e. The molecule has 1 saturated heterocycles. The highest BCUT2D eigenvalue weighted by molar-refractivity contribution is 6.38. The fourth-order valence-corrected chi connectivity index (χ4v) is 5.67. The number of rotatable bonds is 6. The number of ether oxygens (including phenoxy) is 2. The van der Waals surface area contributed by atoms with Gasteiger partial charge < -0.3 is 19.7 Å². The summed E-state index contributed by atoms with van der Waals surface area (Å²) < 4.78 is 12.6. The average molecular weight is 540 g/mol. The number of hydrogen-bond acceptors (Lipinski definition) is 5. The number of phenols is 2. The molecular weight excluding hydrogens is 509 g/mol. The maximum atomic E-state index is 10.4. The lowest BCUT2D eigenvalue weighted by Gasteiger charge is -2.31. The van der Waals surface area contributed by atoms with Gasteiger partial charge in [-0.25, -0.2) is 0 Å². The minimum Gasteiger partial charge on any atom is -0.508 e. The van der Waals surface area contributed by atoms with Gasteiger partial charge >= 0.3 is 0 Å². The summed E-state index contributed by atoms with van der Waals surface area (Å²) in [6.45, 7) is 9.35. The molecule has 2 N–H and O–H groups in total. The molecule has 2 aliphatic rings. The van der Waals surface area contributed by atoms with E-state index in [-0.39, 0.29) is 21.5 Å². The van der Waals surface area contributed by atoms with E-state index in [0.717, 1.165) is 47.0 Å². The van der Waals surface area contributed by atoms with E-state index in [4.69, 9.17) is 32.7 Å². The molecule has 0 aromatic heterocycles.